The van der Waals surface area contributed by atoms with Gasteiger partial charge < -0.3 is 10.2 Å². The maximum atomic E-state index is 4.28. The lowest BCUT2D eigenvalue weighted by atomic mass is 9.94. The normalized spacial score (nSPS) is 25.7. The fraction of sp³-hybridized carbons (Fsp3) is 0.500. The van der Waals surface area contributed by atoms with Crippen LogP contribution in [0.25, 0.3) is 0 Å². The number of hydrazine groups is 1. The molecule has 0 saturated carbocycles. The second-order valence-corrected chi connectivity index (χ2v) is 7.40. The summed E-state index contributed by atoms with van der Waals surface area (Å²) in [6, 6.07) is 13.7. The van der Waals surface area contributed by atoms with Gasteiger partial charge in [-0.05, 0) is 37.5 Å². The zero-order chi connectivity index (χ0) is 17.8. The van der Waals surface area contributed by atoms with Crippen LogP contribution in [-0.2, 0) is 0 Å². The third-order valence-electron chi connectivity index (χ3n) is 5.55. The minimum absolute atomic E-state index is 0.364. The number of anilines is 1. The third-order valence-corrected chi connectivity index (χ3v) is 5.55. The minimum atomic E-state index is 0.364. The van der Waals surface area contributed by atoms with Gasteiger partial charge in [0.2, 0.25) is 0 Å². The zero-order valence-corrected chi connectivity index (χ0v) is 15.4. The summed E-state index contributed by atoms with van der Waals surface area (Å²) < 4.78 is 0. The van der Waals surface area contributed by atoms with E-state index in [0.29, 0.717) is 18.0 Å². The summed E-state index contributed by atoms with van der Waals surface area (Å²) in [6.45, 7) is 6.19. The first-order valence-electron chi connectivity index (χ1n) is 9.61. The molecule has 0 spiro atoms. The number of nitrogens with one attached hydrogen (secondary N) is 3. The smallest absolute Gasteiger partial charge is 0.151 e. The number of benzene rings is 1. The predicted molar refractivity (Wildman–Crippen MR) is 104 cm³/mol. The molecule has 1 aromatic carbocycles. The highest BCUT2D eigenvalue weighted by atomic mass is 15.4. The second-order valence-electron chi connectivity index (χ2n) is 7.40. The highest BCUT2D eigenvalue weighted by Crippen LogP contribution is 2.25. The van der Waals surface area contributed by atoms with Gasteiger partial charge in [-0.15, -0.1) is 5.10 Å². The van der Waals surface area contributed by atoms with Gasteiger partial charge in [0.15, 0.2) is 5.82 Å². The average molecular weight is 352 g/mol. The lowest BCUT2D eigenvalue weighted by molar-refractivity contribution is 0.431. The molecule has 3 heterocycles. The van der Waals surface area contributed by atoms with E-state index in [-0.39, 0.29) is 0 Å². The molecular formula is C20H28N6. The summed E-state index contributed by atoms with van der Waals surface area (Å²) in [4.78, 5) is 2.39. The Morgan fingerprint density at radius 2 is 2.08 bits per heavy atom. The van der Waals surface area contributed by atoms with E-state index >= 15 is 0 Å². The molecule has 0 amide bonds. The molecule has 2 saturated heterocycles. The predicted octanol–water partition coefficient (Wildman–Crippen LogP) is 1.81. The highest BCUT2D eigenvalue weighted by molar-refractivity contribution is 5.39. The molecule has 0 aliphatic carbocycles. The van der Waals surface area contributed by atoms with Gasteiger partial charge in [0.25, 0.3) is 0 Å². The third kappa shape index (κ3) is 3.87. The molecule has 4 rings (SSSR count). The summed E-state index contributed by atoms with van der Waals surface area (Å²) in [5, 5.41) is 12.0. The lowest BCUT2D eigenvalue weighted by Crippen LogP contribution is -2.40. The van der Waals surface area contributed by atoms with Gasteiger partial charge in [0.05, 0.1) is 6.04 Å². The van der Waals surface area contributed by atoms with Crippen LogP contribution in [-0.4, -0.2) is 42.4 Å². The van der Waals surface area contributed by atoms with Crippen LogP contribution in [0.3, 0.4) is 0 Å². The highest BCUT2D eigenvalue weighted by Gasteiger charge is 2.29. The van der Waals surface area contributed by atoms with Crippen LogP contribution in [0, 0.1) is 12.8 Å². The lowest BCUT2D eigenvalue weighted by Gasteiger charge is -2.26. The molecule has 0 bridgehead atoms. The minimum Gasteiger partial charge on any atom is -0.351 e. The van der Waals surface area contributed by atoms with Crippen LogP contribution in [0.1, 0.15) is 30.0 Å². The first kappa shape index (κ1) is 17.4. The van der Waals surface area contributed by atoms with Crippen LogP contribution in [0.5, 0.6) is 0 Å². The van der Waals surface area contributed by atoms with E-state index in [1.807, 2.05) is 6.07 Å². The van der Waals surface area contributed by atoms with E-state index in [1.54, 1.807) is 6.20 Å². The molecule has 26 heavy (non-hydrogen) atoms. The van der Waals surface area contributed by atoms with Crippen molar-refractivity contribution in [2.24, 2.45) is 5.92 Å². The number of aromatic nitrogens is 2. The van der Waals surface area contributed by atoms with Gasteiger partial charge in [-0.3, -0.25) is 5.43 Å². The Morgan fingerprint density at radius 1 is 1.19 bits per heavy atom. The summed E-state index contributed by atoms with van der Waals surface area (Å²) in [6.07, 6.45) is 4.17. The van der Waals surface area contributed by atoms with Crippen LogP contribution >= 0.6 is 0 Å². The number of hydrogen-bond donors (Lipinski definition) is 3. The van der Waals surface area contributed by atoms with Crippen molar-refractivity contribution in [1.29, 1.82) is 0 Å². The molecule has 2 aliphatic heterocycles. The standard InChI is InChI=1S/C20H28N6/c1-15-6-8-16(9-7-15)20-17(13-23-25-20)12-21-14-18-4-3-11-26(18)19-5-2-10-22-24-19/h2,5-10,17-18,20-21,23,25H,3-4,11-14H2,1H3. The molecule has 2 aliphatic rings. The van der Waals surface area contributed by atoms with Crippen molar-refractivity contribution in [3.05, 3.63) is 53.7 Å². The van der Waals surface area contributed by atoms with Crippen molar-refractivity contribution >= 4 is 5.82 Å². The summed E-state index contributed by atoms with van der Waals surface area (Å²) in [5.41, 5.74) is 9.43. The molecule has 138 valence electrons. The SMILES string of the molecule is Cc1ccc(C2NNCC2CNCC2CCCN2c2cccnn2)cc1. The second kappa shape index (κ2) is 8.12. The molecular weight excluding hydrogens is 324 g/mol. The Balaban J connectivity index is 1.31. The topological polar surface area (TPSA) is 65.1 Å². The Bertz CT molecular complexity index is 689. The van der Waals surface area contributed by atoms with Crippen molar-refractivity contribution < 1.29 is 0 Å². The Morgan fingerprint density at radius 3 is 2.88 bits per heavy atom. The first-order chi connectivity index (χ1) is 12.8. The van der Waals surface area contributed by atoms with Gasteiger partial charge in [-0.1, -0.05) is 29.8 Å². The van der Waals surface area contributed by atoms with Crippen LogP contribution < -0.4 is 21.1 Å². The quantitative estimate of drug-likeness (QED) is 0.737. The molecule has 2 aromatic rings. The van der Waals surface area contributed by atoms with Crippen molar-refractivity contribution in [3.63, 3.8) is 0 Å². The number of hydrogen-bond acceptors (Lipinski definition) is 6. The van der Waals surface area contributed by atoms with E-state index in [1.165, 1.54) is 24.0 Å². The fourth-order valence-electron chi connectivity index (χ4n) is 4.09. The molecule has 3 N–H and O–H groups in total. The van der Waals surface area contributed by atoms with Gasteiger partial charge in [0, 0.05) is 44.3 Å². The summed E-state index contributed by atoms with van der Waals surface area (Å²) >= 11 is 0. The Labute approximate surface area is 155 Å². The maximum Gasteiger partial charge on any atom is 0.151 e. The summed E-state index contributed by atoms with van der Waals surface area (Å²) in [7, 11) is 0. The monoisotopic (exact) mass is 352 g/mol. The van der Waals surface area contributed by atoms with Crippen LogP contribution in [0.4, 0.5) is 5.82 Å². The van der Waals surface area contributed by atoms with Crippen molar-refractivity contribution in [2.45, 2.75) is 31.8 Å². The zero-order valence-electron chi connectivity index (χ0n) is 15.4. The fourth-order valence-corrected chi connectivity index (χ4v) is 4.09. The van der Waals surface area contributed by atoms with Crippen LogP contribution in [0.2, 0.25) is 0 Å². The van der Waals surface area contributed by atoms with Gasteiger partial charge in [0.1, 0.15) is 0 Å². The van der Waals surface area contributed by atoms with E-state index < -0.39 is 0 Å². The molecule has 6 nitrogen and oxygen atoms in total. The number of nitrogens with zero attached hydrogens (tertiary/aromatic N) is 3. The molecule has 6 heteroatoms. The Kier molecular flexibility index (Phi) is 5.43. The first-order valence-corrected chi connectivity index (χ1v) is 9.61. The molecule has 1 aromatic heterocycles. The summed E-state index contributed by atoms with van der Waals surface area (Å²) in [5.74, 6) is 1.54. The maximum absolute atomic E-state index is 4.28. The van der Waals surface area contributed by atoms with Crippen LogP contribution in [0.15, 0.2) is 42.6 Å². The molecule has 0 radical (unpaired) electrons. The number of rotatable bonds is 6. The largest absolute Gasteiger partial charge is 0.351 e. The van der Waals surface area contributed by atoms with Crippen molar-refractivity contribution in [3.8, 4) is 0 Å². The number of aryl methyl sites for hydroxylation is 1. The molecule has 3 unspecified atom stereocenters. The van der Waals surface area contributed by atoms with E-state index in [2.05, 4.69) is 68.5 Å². The van der Waals surface area contributed by atoms with Crippen molar-refractivity contribution in [1.82, 2.24) is 26.4 Å². The van der Waals surface area contributed by atoms with Gasteiger partial charge in [-0.25, -0.2) is 5.43 Å². The van der Waals surface area contributed by atoms with E-state index in [4.69, 9.17) is 0 Å². The average Bonchev–Trinajstić information content (AvgIpc) is 3.33. The van der Waals surface area contributed by atoms with E-state index in [9.17, 15) is 0 Å². The van der Waals surface area contributed by atoms with Gasteiger partial charge >= 0.3 is 0 Å². The van der Waals surface area contributed by atoms with E-state index in [0.717, 1.165) is 32.0 Å². The molecule has 2 fully saturated rings. The van der Waals surface area contributed by atoms with Gasteiger partial charge in [-0.2, -0.15) is 5.10 Å². The Hall–Kier alpha value is -2.02. The van der Waals surface area contributed by atoms with Crippen molar-refractivity contribution in [2.75, 3.05) is 31.1 Å². The molecule has 3 atom stereocenters.